The van der Waals surface area contributed by atoms with E-state index in [0.29, 0.717) is 12.1 Å². The first kappa shape index (κ1) is 14.8. The number of rotatable bonds is 7. The zero-order valence-corrected chi connectivity index (χ0v) is 13.0. The van der Waals surface area contributed by atoms with Crippen molar-refractivity contribution in [3.8, 4) is 0 Å². The third-order valence-electron chi connectivity index (χ3n) is 3.33. The number of likely N-dealkylation sites (N-methyl/N-ethyl adjacent to an activating group) is 1. The summed E-state index contributed by atoms with van der Waals surface area (Å²) in [4.78, 5) is 8.19. The lowest BCUT2D eigenvalue weighted by atomic mass is 10.2. The normalized spacial score (nSPS) is 19.3. The molecule has 4 nitrogen and oxygen atoms in total. The summed E-state index contributed by atoms with van der Waals surface area (Å²) in [5.74, 6) is 0. The van der Waals surface area contributed by atoms with Crippen LogP contribution in [0.3, 0.4) is 0 Å². The Hall–Kier alpha value is -0.650. The second kappa shape index (κ2) is 7.22. The Bertz CT molecular complexity index is 375. The minimum Gasteiger partial charge on any atom is -0.376 e. The molecule has 2 rings (SSSR count). The molecular formula is C14H25N3OS. The second-order valence-corrected chi connectivity index (χ2v) is 6.41. The molecule has 2 heterocycles. The van der Waals surface area contributed by atoms with Crippen LogP contribution in [0.15, 0.2) is 6.20 Å². The summed E-state index contributed by atoms with van der Waals surface area (Å²) in [6.45, 7) is 10.3. The van der Waals surface area contributed by atoms with Crippen molar-refractivity contribution in [3.63, 3.8) is 0 Å². The van der Waals surface area contributed by atoms with Gasteiger partial charge in [0.15, 0.2) is 5.13 Å². The Labute approximate surface area is 120 Å². The highest BCUT2D eigenvalue weighted by Gasteiger charge is 2.20. The van der Waals surface area contributed by atoms with Crippen LogP contribution in [0.4, 0.5) is 5.13 Å². The Balaban J connectivity index is 1.90. The summed E-state index contributed by atoms with van der Waals surface area (Å²) < 4.78 is 5.72. The molecule has 1 atom stereocenters. The van der Waals surface area contributed by atoms with Crippen molar-refractivity contribution >= 4 is 16.5 Å². The molecule has 0 spiro atoms. The van der Waals surface area contributed by atoms with Gasteiger partial charge in [0.25, 0.3) is 0 Å². The third-order valence-corrected chi connectivity index (χ3v) is 4.38. The molecule has 0 saturated carbocycles. The number of thiazole rings is 1. The van der Waals surface area contributed by atoms with Gasteiger partial charge >= 0.3 is 0 Å². The molecule has 0 bridgehead atoms. The summed E-state index contributed by atoms with van der Waals surface area (Å²) in [5, 5.41) is 4.56. The maximum Gasteiger partial charge on any atom is 0.185 e. The van der Waals surface area contributed by atoms with E-state index in [4.69, 9.17) is 4.74 Å². The first-order chi connectivity index (χ1) is 9.19. The van der Waals surface area contributed by atoms with Crippen molar-refractivity contribution in [2.24, 2.45) is 0 Å². The number of ether oxygens (including phenoxy) is 1. The lowest BCUT2D eigenvalue weighted by molar-refractivity contribution is 0.115. The molecule has 1 N–H and O–H groups in total. The van der Waals surface area contributed by atoms with Crippen molar-refractivity contribution in [3.05, 3.63) is 11.1 Å². The number of anilines is 1. The molecule has 0 radical (unpaired) electrons. The largest absolute Gasteiger partial charge is 0.376 e. The average Bonchev–Trinajstić information content (AvgIpc) is 3.04. The summed E-state index contributed by atoms with van der Waals surface area (Å²) in [5.41, 5.74) is 0. The van der Waals surface area contributed by atoms with Gasteiger partial charge in [-0.3, -0.25) is 0 Å². The first-order valence-electron chi connectivity index (χ1n) is 7.23. The van der Waals surface area contributed by atoms with Gasteiger partial charge in [0, 0.05) is 43.4 Å². The van der Waals surface area contributed by atoms with Crippen LogP contribution in [-0.2, 0) is 11.3 Å². The molecule has 1 aliphatic rings. The molecule has 1 saturated heterocycles. The molecule has 108 valence electrons. The van der Waals surface area contributed by atoms with E-state index in [1.54, 1.807) is 11.3 Å². The predicted molar refractivity (Wildman–Crippen MR) is 81.0 cm³/mol. The lowest BCUT2D eigenvalue weighted by Crippen LogP contribution is -2.31. The van der Waals surface area contributed by atoms with Gasteiger partial charge in [-0.25, -0.2) is 4.98 Å². The highest BCUT2D eigenvalue weighted by molar-refractivity contribution is 7.15. The van der Waals surface area contributed by atoms with Gasteiger partial charge in [0.05, 0.1) is 6.10 Å². The average molecular weight is 283 g/mol. The van der Waals surface area contributed by atoms with Crippen LogP contribution in [0.1, 0.15) is 38.5 Å². The molecule has 1 unspecified atom stereocenters. The van der Waals surface area contributed by atoms with Crippen molar-refractivity contribution in [1.29, 1.82) is 0 Å². The number of hydrogen-bond acceptors (Lipinski definition) is 5. The van der Waals surface area contributed by atoms with Crippen LogP contribution in [0.25, 0.3) is 0 Å². The highest BCUT2D eigenvalue weighted by Crippen LogP contribution is 2.24. The number of nitrogens with one attached hydrogen (secondary N) is 1. The molecule has 0 aliphatic carbocycles. The molecule has 19 heavy (non-hydrogen) atoms. The molecule has 1 aromatic rings. The fraction of sp³-hybridized carbons (Fsp3) is 0.786. The van der Waals surface area contributed by atoms with Crippen molar-refractivity contribution in [2.45, 2.75) is 52.3 Å². The van der Waals surface area contributed by atoms with Gasteiger partial charge in [-0.05, 0) is 19.8 Å². The van der Waals surface area contributed by atoms with Crippen molar-refractivity contribution in [1.82, 2.24) is 10.3 Å². The van der Waals surface area contributed by atoms with Crippen LogP contribution >= 0.6 is 11.3 Å². The van der Waals surface area contributed by atoms with E-state index in [0.717, 1.165) is 31.4 Å². The van der Waals surface area contributed by atoms with Crippen LogP contribution in [-0.4, -0.2) is 36.8 Å². The summed E-state index contributed by atoms with van der Waals surface area (Å²) in [6, 6.07) is 0.514. The summed E-state index contributed by atoms with van der Waals surface area (Å²) >= 11 is 1.79. The summed E-state index contributed by atoms with van der Waals surface area (Å²) in [7, 11) is 0. The van der Waals surface area contributed by atoms with Crippen LogP contribution in [0.2, 0.25) is 0 Å². The minimum absolute atomic E-state index is 0.390. The van der Waals surface area contributed by atoms with E-state index in [1.165, 1.54) is 17.7 Å². The Morgan fingerprint density at radius 3 is 3.05 bits per heavy atom. The van der Waals surface area contributed by atoms with E-state index in [1.807, 2.05) is 6.20 Å². The van der Waals surface area contributed by atoms with Gasteiger partial charge in [-0.1, -0.05) is 13.8 Å². The van der Waals surface area contributed by atoms with Crippen LogP contribution in [0.5, 0.6) is 0 Å². The maximum absolute atomic E-state index is 5.72. The van der Waals surface area contributed by atoms with E-state index in [2.05, 4.69) is 36.0 Å². The van der Waals surface area contributed by atoms with E-state index < -0.39 is 0 Å². The number of aromatic nitrogens is 1. The molecule has 1 aliphatic heterocycles. The molecule has 5 heteroatoms. The topological polar surface area (TPSA) is 37.4 Å². The number of nitrogens with zero attached hydrogens (tertiary/aromatic N) is 2. The maximum atomic E-state index is 5.72. The van der Waals surface area contributed by atoms with Gasteiger partial charge < -0.3 is 15.0 Å². The first-order valence-corrected chi connectivity index (χ1v) is 8.05. The Kier molecular flexibility index (Phi) is 5.60. The van der Waals surface area contributed by atoms with Crippen molar-refractivity contribution < 1.29 is 4.74 Å². The minimum atomic E-state index is 0.390. The molecule has 1 fully saturated rings. The predicted octanol–water partition coefficient (Wildman–Crippen LogP) is 2.65. The Morgan fingerprint density at radius 2 is 2.42 bits per heavy atom. The van der Waals surface area contributed by atoms with Crippen LogP contribution in [0, 0.1) is 0 Å². The molecule has 1 aromatic heterocycles. The fourth-order valence-corrected chi connectivity index (χ4v) is 3.14. The van der Waals surface area contributed by atoms with Gasteiger partial charge in [0.2, 0.25) is 0 Å². The zero-order valence-electron chi connectivity index (χ0n) is 12.2. The van der Waals surface area contributed by atoms with Crippen LogP contribution < -0.4 is 10.2 Å². The second-order valence-electron chi connectivity index (χ2n) is 5.32. The van der Waals surface area contributed by atoms with Gasteiger partial charge in [-0.2, -0.15) is 0 Å². The molecular weight excluding hydrogens is 258 g/mol. The zero-order chi connectivity index (χ0) is 13.7. The van der Waals surface area contributed by atoms with Crippen molar-refractivity contribution in [2.75, 3.05) is 24.6 Å². The number of hydrogen-bond donors (Lipinski definition) is 1. The Morgan fingerprint density at radius 1 is 1.58 bits per heavy atom. The van der Waals surface area contributed by atoms with E-state index >= 15 is 0 Å². The molecule has 0 amide bonds. The summed E-state index contributed by atoms with van der Waals surface area (Å²) in [6.07, 6.45) is 4.77. The van der Waals surface area contributed by atoms with Gasteiger partial charge in [-0.15, -0.1) is 11.3 Å². The van der Waals surface area contributed by atoms with E-state index in [9.17, 15) is 0 Å². The smallest absolute Gasteiger partial charge is 0.185 e. The molecule has 0 aromatic carbocycles. The van der Waals surface area contributed by atoms with Gasteiger partial charge in [0.1, 0.15) is 0 Å². The van der Waals surface area contributed by atoms with E-state index in [-0.39, 0.29) is 0 Å². The quantitative estimate of drug-likeness (QED) is 0.835. The standard InChI is InChI=1S/C14H25N3OS/c1-4-17(10-12-6-5-7-18-12)14-16-9-13(19-14)8-15-11(2)3/h9,11-12,15H,4-8,10H2,1-3H3. The fourth-order valence-electron chi connectivity index (χ4n) is 2.21. The lowest BCUT2D eigenvalue weighted by Gasteiger charge is -2.23. The highest BCUT2D eigenvalue weighted by atomic mass is 32.1. The monoisotopic (exact) mass is 283 g/mol. The third kappa shape index (κ3) is 4.44. The SMILES string of the molecule is CCN(CC1CCCO1)c1ncc(CNC(C)C)s1.